The van der Waals surface area contributed by atoms with Crippen LogP contribution in [-0.2, 0) is 16.1 Å². The highest BCUT2D eigenvalue weighted by molar-refractivity contribution is 7.11. The van der Waals surface area contributed by atoms with Crippen LogP contribution in [-0.4, -0.2) is 23.6 Å². The first-order chi connectivity index (χ1) is 8.13. The lowest BCUT2D eigenvalue weighted by Crippen LogP contribution is -2.34. The van der Waals surface area contributed by atoms with Gasteiger partial charge in [-0.15, -0.1) is 11.3 Å². The Kier molecular flexibility index (Phi) is 6.15. The van der Waals surface area contributed by atoms with Crippen molar-refractivity contribution in [2.75, 3.05) is 6.61 Å². The second-order valence-corrected chi connectivity index (χ2v) is 5.25. The smallest absolute Gasteiger partial charge is 0.249 e. The highest BCUT2D eigenvalue weighted by Gasteiger charge is 2.12. The lowest BCUT2D eigenvalue weighted by atomic mass is 10.3. The largest absolute Gasteiger partial charge is 0.369 e. The molecule has 1 heterocycles. The Hall–Kier alpha value is -0.940. The van der Waals surface area contributed by atoms with Crippen molar-refractivity contribution in [2.24, 2.45) is 0 Å². The monoisotopic (exact) mass is 256 g/mol. The molecule has 0 aromatic carbocycles. The van der Waals surface area contributed by atoms with Gasteiger partial charge in [0, 0.05) is 17.7 Å². The van der Waals surface area contributed by atoms with Gasteiger partial charge in [-0.1, -0.05) is 13.3 Å². The molecule has 0 bridgehead atoms. The SMILES string of the molecule is CCCCOC(C)C(=O)NCc1cnc(C)s1. The Morgan fingerprint density at radius 1 is 1.65 bits per heavy atom. The minimum Gasteiger partial charge on any atom is -0.369 e. The van der Waals surface area contributed by atoms with Gasteiger partial charge in [0.15, 0.2) is 0 Å². The van der Waals surface area contributed by atoms with Crippen molar-refractivity contribution in [3.8, 4) is 0 Å². The second kappa shape index (κ2) is 7.40. The van der Waals surface area contributed by atoms with E-state index in [9.17, 15) is 4.79 Å². The van der Waals surface area contributed by atoms with E-state index in [0.717, 1.165) is 22.7 Å². The van der Waals surface area contributed by atoms with Gasteiger partial charge >= 0.3 is 0 Å². The number of carbonyl (C=O) groups excluding carboxylic acids is 1. The fourth-order valence-electron chi connectivity index (χ4n) is 1.29. The molecular formula is C12H20N2O2S. The number of aromatic nitrogens is 1. The number of nitrogens with one attached hydrogen (secondary N) is 1. The zero-order valence-electron chi connectivity index (χ0n) is 10.7. The first-order valence-corrected chi connectivity index (χ1v) is 6.75. The zero-order chi connectivity index (χ0) is 12.7. The molecule has 1 amide bonds. The van der Waals surface area contributed by atoms with Crippen LogP contribution >= 0.6 is 11.3 Å². The van der Waals surface area contributed by atoms with Gasteiger partial charge in [-0.25, -0.2) is 4.98 Å². The number of nitrogens with zero attached hydrogens (tertiary/aromatic N) is 1. The molecule has 0 aliphatic heterocycles. The molecule has 1 aromatic rings. The van der Waals surface area contributed by atoms with Gasteiger partial charge in [0.05, 0.1) is 11.6 Å². The van der Waals surface area contributed by atoms with Gasteiger partial charge in [0.25, 0.3) is 0 Å². The van der Waals surface area contributed by atoms with Crippen LogP contribution in [0, 0.1) is 6.92 Å². The summed E-state index contributed by atoms with van der Waals surface area (Å²) in [5.41, 5.74) is 0. The molecule has 0 radical (unpaired) electrons. The molecule has 1 unspecified atom stereocenters. The van der Waals surface area contributed by atoms with Gasteiger partial charge in [-0.2, -0.15) is 0 Å². The molecule has 96 valence electrons. The third kappa shape index (κ3) is 5.28. The molecule has 0 spiro atoms. The van der Waals surface area contributed by atoms with Gasteiger partial charge in [-0.3, -0.25) is 4.79 Å². The molecule has 0 saturated carbocycles. The molecule has 5 heteroatoms. The Balaban J connectivity index is 2.24. The summed E-state index contributed by atoms with van der Waals surface area (Å²) in [4.78, 5) is 16.9. The fraction of sp³-hybridized carbons (Fsp3) is 0.667. The Labute approximate surface area is 106 Å². The molecule has 4 nitrogen and oxygen atoms in total. The second-order valence-electron chi connectivity index (χ2n) is 3.93. The minimum absolute atomic E-state index is 0.0628. The number of thiazole rings is 1. The van der Waals surface area contributed by atoms with Crippen molar-refractivity contribution in [1.29, 1.82) is 0 Å². The van der Waals surface area contributed by atoms with Crippen LogP contribution in [0.25, 0.3) is 0 Å². The average Bonchev–Trinajstić information content (AvgIpc) is 2.72. The molecule has 0 saturated heterocycles. The van der Waals surface area contributed by atoms with Gasteiger partial charge in [0.2, 0.25) is 5.91 Å². The van der Waals surface area contributed by atoms with Crippen molar-refractivity contribution >= 4 is 17.2 Å². The number of ether oxygens (including phenoxy) is 1. The van der Waals surface area contributed by atoms with E-state index in [0.29, 0.717) is 13.2 Å². The summed E-state index contributed by atoms with van der Waals surface area (Å²) < 4.78 is 5.41. The number of hydrogen-bond acceptors (Lipinski definition) is 4. The van der Waals surface area contributed by atoms with Crippen molar-refractivity contribution in [3.63, 3.8) is 0 Å². The summed E-state index contributed by atoms with van der Waals surface area (Å²) in [6, 6.07) is 0. The van der Waals surface area contributed by atoms with Crippen LogP contribution < -0.4 is 5.32 Å². The third-order valence-corrected chi connectivity index (χ3v) is 3.25. The maximum absolute atomic E-state index is 11.7. The van der Waals surface area contributed by atoms with Crippen LogP contribution in [0.4, 0.5) is 0 Å². The van der Waals surface area contributed by atoms with Crippen LogP contribution in [0.3, 0.4) is 0 Å². The highest BCUT2D eigenvalue weighted by Crippen LogP contribution is 2.10. The number of amides is 1. The summed E-state index contributed by atoms with van der Waals surface area (Å²) in [6.45, 7) is 7.01. The average molecular weight is 256 g/mol. The van der Waals surface area contributed by atoms with Gasteiger partial charge in [0.1, 0.15) is 6.10 Å². The third-order valence-electron chi connectivity index (χ3n) is 2.34. The highest BCUT2D eigenvalue weighted by atomic mass is 32.1. The first-order valence-electron chi connectivity index (χ1n) is 5.94. The number of unbranched alkanes of at least 4 members (excludes halogenated alkanes) is 1. The number of hydrogen-bond donors (Lipinski definition) is 1. The van der Waals surface area contributed by atoms with Crippen LogP contribution in [0.5, 0.6) is 0 Å². The minimum atomic E-state index is -0.379. The van der Waals surface area contributed by atoms with E-state index < -0.39 is 0 Å². The summed E-state index contributed by atoms with van der Waals surface area (Å²) in [5, 5.41) is 3.86. The van der Waals surface area contributed by atoms with E-state index in [1.807, 2.05) is 6.92 Å². The van der Waals surface area contributed by atoms with Crippen molar-refractivity contribution in [1.82, 2.24) is 10.3 Å². The number of carbonyl (C=O) groups is 1. The van der Waals surface area contributed by atoms with E-state index in [1.54, 1.807) is 24.5 Å². The molecule has 1 aromatic heterocycles. The maximum Gasteiger partial charge on any atom is 0.249 e. The van der Waals surface area contributed by atoms with Crippen molar-refractivity contribution in [3.05, 3.63) is 16.1 Å². The lowest BCUT2D eigenvalue weighted by molar-refractivity contribution is -0.131. The first kappa shape index (κ1) is 14.1. The van der Waals surface area contributed by atoms with E-state index in [-0.39, 0.29) is 12.0 Å². The summed E-state index contributed by atoms with van der Waals surface area (Å²) in [5.74, 6) is -0.0628. The Bertz CT molecular complexity index is 352. The summed E-state index contributed by atoms with van der Waals surface area (Å²) in [6.07, 6.45) is 3.49. The quantitative estimate of drug-likeness (QED) is 0.761. The lowest BCUT2D eigenvalue weighted by Gasteiger charge is -2.12. The molecule has 1 atom stereocenters. The maximum atomic E-state index is 11.7. The van der Waals surface area contributed by atoms with Gasteiger partial charge in [-0.05, 0) is 20.3 Å². The van der Waals surface area contributed by atoms with E-state index in [2.05, 4.69) is 17.2 Å². The fourth-order valence-corrected chi connectivity index (χ4v) is 2.02. The predicted molar refractivity (Wildman–Crippen MR) is 69.0 cm³/mol. The normalized spacial score (nSPS) is 12.4. The molecule has 0 aliphatic carbocycles. The van der Waals surface area contributed by atoms with Crippen molar-refractivity contribution in [2.45, 2.75) is 46.3 Å². The topological polar surface area (TPSA) is 51.2 Å². The summed E-state index contributed by atoms with van der Waals surface area (Å²) in [7, 11) is 0. The number of rotatable bonds is 7. The Morgan fingerprint density at radius 3 is 3.00 bits per heavy atom. The predicted octanol–water partition coefficient (Wildman–Crippen LogP) is 2.27. The summed E-state index contributed by atoms with van der Waals surface area (Å²) >= 11 is 1.60. The molecule has 17 heavy (non-hydrogen) atoms. The van der Waals surface area contributed by atoms with Crippen LogP contribution in [0.1, 0.15) is 36.6 Å². The van der Waals surface area contributed by atoms with E-state index >= 15 is 0 Å². The van der Waals surface area contributed by atoms with E-state index in [1.165, 1.54) is 0 Å². The van der Waals surface area contributed by atoms with E-state index in [4.69, 9.17) is 4.74 Å². The van der Waals surface area contributed by atoms with Crippen LogP contribution in [0.2, 0.25) is 0 Å². The van der Waals surface area contributed by atoms with Crippen molar-refractivity contribution < 1.29 is 9.53 Å². The molecular weight excluding hydrogens is 236 g/mol. The van der Waals surface area contributed by atoms with Gasteiger partial charge < -0.3 is 10.1 Å². The zero-order valence-corrected chi connectivity index (χ0v) is 11.5. The molecule has 1 N–H and O–H groups in total. The standard InChI is InChI=1S/C12H20N2O2S/c1-4-5-6-16-9(2)12(15)14-8-11-7-13-10(3)17-11/h7,9H,4-6,8H2,1-3H3,(H,14,15). The molecule has 1 rings (SSSR count). The Morgan fingerprint density at radius 2 is 2.41 bits per heavy atom. The molecule has 0 aliphatic rings. The van der Waals surface area contributed by atoms with Crippen LogP contribution in [0.15, 0.2) is 6.20 Å². The molecule has 0 fully saturated rings. The number of aryl methyl sites for hydroxylation is 1.